The molecular weight excluding hydrogens is 248 g/mol. The van der Waals surface area contributed by atoms with E-state index in [1.807, 2.05) is 0 Å². The Kier molecular flexibility index (Phi) is 6.67. The first-order valence-corrected chi connectivity index (χ1v) is 6.27. The molecule has 1 heterocycles. The number of carbonyl (C=O) groups excluding carboxylic acids is 2. The molecule has 0 radical (unpaired) electrons. The van der Waals surface area contributed by atoms with E-state index in [-0.39, 0.29) is 12.5 Å². The number of rotatable bonds is 8. The molecule has 0 bridgehead atoms. The lowest BCUT2D eigenvalue weighted by molar-refractivity contribution is -0.121. The highest BCUT2D eigenvalue weighted by Crippen LogP contribution is 2.04. The van der Waals surface area contributed by atoms with Gasteiger partial charge in [-0.2, -0.15) is 0 Å². The number of nitrogens with zero attached hydrogens (tertiary/aromatic N) is 1. The second-order valence-electron chi connectivity index (χ2n) is 3.94. The Labute approximate surface area is 112 Å². The third kappa shape index (κ3) is 5.13. The maximum atomic E-state index is 11.7. The van der Waals surface area contributed by atoms with Gasteiger partial charge in [-0.25, -0.2) is 4.79 Å². The number of ether oxygens (including phenoxy) is 2. The Morgan fingerprint density at radius 2 is 2.21 bits per heavy atom. The molecule has 0 unspecified atom stereocenters. The Morgan fingerprint density at radius 3 is 2.89 bits per heavy atom. The van der Waals surface area contributed by atoms with Crippen LogP contribution in [-0.2, 0) is 20.8 Å². The summed E-state index contributed by atoms with van der Waals surface area (Å²) in [5.74, 6) is -0.558. The van der Waals surface area contributed by atoms with Crippen molar-refractivity contribution in [2.45, 2.75) is 19.9 Å². The van der Waals surface area contributed by atoms with Gasteiger partial charge >= 0.3 is 5.97 Å². The van der Waals surface area contributed by atoms with Gasteiger partial charge in [-0.3, -0.25) is 4.79 Å². The molecule has 0 aliphatic rings. The molecule has 6 heteroatoms. The predicted octanol–water partition coefficient (Wildman–Crippen LogP) is 0.817. The molecule has 0 aliphatic heterocycles. The first-order valence-electron chi connectivity index (χ1n) is 6.27. The fourth-order valence-electron chi connectivity index (χ4n) is 1.60. The highest BCUT2D eigenvalue weighted by Gasteiger charge is 2.13. The van der Waals surface area contributed by atoms with Gasteiger partial charge < -0.3 is 19.4 Å². The van der Waals surface area contributed by atoms with Gasteiger partial charge in [-0.1, -0.05) is 0 Å². The van der Waals surface area contributed by atoms with Crippen molar-refractivity contribution in [2.75, 3.05) is 26.9 Å². The lowest BCUT2D eigenvalue weighted by Gasteiger charge is -2.09. The van der Waals surface area contributed by atoms with Crippen LogP contribution in [0.15, 0.2) is 18.3 Å². The monoisotopic (exact) mass is 268 g/mol. The SMILES string of the molecule is CCOC(=O)c1cccn1CC(=O)NCCCOC. The van der Waals surface area contributed by atoms with E-state index in [1.165, 1.54) is 0 Å². The zero-order chi connectivity index (χ0) is 14.1. The summed E-state index contributed by atoms with van der Waals surface area (Å²) in [6.45, 7) is 3.33. The van der Waals surface area contributed by atoms with E-state index in [0.29, 0.717) is 25.5 Å². The number of esters is 1. The zero-order valence-electron chi connectivity index (χ0n) is 11.3. The second kappa shape index (κ2) is 8.31. The van der Waals surface area contributed by atoms with Gasteiger partial charge in [0, 0.05) is 26.5 Å². The molecule has 1 N–H and O–H groups in total. The van der Waals surface area contributed by atoms with Crippen LogP contribution < -0.4 is 5.32 Å². The molecule has 0 saturated heterocycles. The highest BCUT2D eigenvalue weighted by atomic mass is 16.5. The molecule has 0 fully saturated rings. The average molecular weight is 268 g/mol. The highest BCUT2D eigenvalue weighted by molar-refractivity contribution is 5.88. The molecule has 0 aliphatic carbocycles. The van der Waals surface area contributed by atoms with Gasteiger partial charge in [0.05, 0.1) is 6.61 Å². The maximum Gasteiger partial charge on any atom is 0.354 e. The third-order valence-corrected chi connectivity index (χ3v) is 2.48. The summed E-state index contributed by atoms with van der Waals surface area (Å²) in [5, 5.41) is 2.76. The molecule has 106 valence electrons. The molecule has 0 spiro atoms. The van der Waals surface area contributed by atoms with E-state index < -0.39 is 5.97 Å². The lowest BCUT2D eigenvalue weighted by atomic mass is 10.4. The Bertz CT molecular complexity index is 415. The minimum absolute atomic E-state index is 0.105. The zero-order valence-corrected chi connectivity index (χ0v) is 11.3. The number of hydrogen-bond acceptors (Lipinski definition) is 4. The van der Waals surface area contributed by atoms with Crippen molar-refractivity contribution >= 4 is 11.9 Å². The van der Waals surface area contributed by atoms with Gasteiger partial charge in [0.15, 0.2) is 0 Å². The van der Waals surface area contributed by atoms with E-state index in [1.54, 1.807) is 36.9 Å². The molecule has 6 nitrogen and oxygen atoms in total. The minimum atomic E-state index is -0.417. The second-order valence-corrected chi connectivity index (χ2v) is 3.94. The molecular formula is C13H20N2O4. The average Bonchev–Trinajstić information content (AvgIpc) is 2.83. The van der Waals surface area contributed by atoms with Crippen molar-refractivity contribution in [1.29, 1.82) is 0 Å². The third-order valence-electron chi connectivity index (χ3n) is 2.48. The Balaban J connectivity index is 2.46. The van der Waals surface area contributed by atoms with Crippen molar-refractivity contribution in [1.82, 2.24) is 9.88 Å². The van der Waals surface area contributed by atoms with Crippen LogP contribution in [0.2, 0.25) is 0 Å². The molecule has 0 aromatic carbocycles. The number of carbonyl (C=O) groups is 2. The number of aromatic nitrogens is 1. The van der Waals surface area contributed by atoms with Crippen LogP contribution in [0.3, 0.4) is 0 Å². The first-order chi connectivity index (χ1) is 9.19. The maximum absolute atomic E-state index is 11.7. The summed E-state index contributed by atoms with van der Waals surface area (Å²) < 4.78 is 11.4. The molecule has 1 rings (SSSR count). The summed E-state index contributed by atoms with van der Waals surface area (Å²) in [6, 6.07) is 3.35. The fraction of sp³-hybridized carbons (Fsp3) is 0.538. The Morgan fingerprint density at radius 1 is 1.42 bits per heavy atom. The summed E-state index contributed by atoms with van der Waals surface area (Å²) in [7, 11) is 1.62. The van der Waals surface area contributed by atoms with E-state index in [0.717, 1.165) is 6.42 Å². The van der Waals surface area contributed by atoms with Crippen LogP contribution in [0.4, 0.5) is 0 Å². The predicted molar refractivity (Wildman–Crippen MR) is 69.9 cm³/mol. The number of hydrogen-bond donors (Lipinski definition) is 1. The van der Waals surface area contributed by atoms with Crippen LogP contribution in [0.1, 0.15) is 23.8 Å². The lowest BCUT2D eigenvalue weighted by Crippen LogP contribution is -2.29. The van der Waals surface area contributed by atoms with Gasteiger partial charge in [0.2, 0.25) is 5.91 Å². The molecule has 0 atom stereocenters. The van der Waals surface area contributed by atoms with Crippen LogP contribution in [-0.4, -0.2) is 43.3 Å². The van der Waals surface area contributed by atoms with Gasteiger partial charge in [-0.15, -0.1) is 0 Å². The largest absolute Gasteiger partial charge is 0.461 e. The molecule has 1 aromatic rings. The normalized spacial score (nSPS) is 10.2. The van der Waals surface area contributed by atoms with E-state index in [2.05, 4.69) is 5.32 Å². The van der Waals surface area contributed by atoms with E-state index in [4.69, 9.17) is 9.47 Å². The van der Waals surface area contributed by atoms with Crippen molar-refractivity contribution in [3.63, 3.8) is 0 Å². The standard InChI is InChI=1S/C13H20N2O4/c1-3-19-13(17)11-6-4-8-15(11)10-12(16)14-7-5-9-18-2/h4,6,8H,3,5,7,9-10H2,1-2H3,(H,14,16). The summed E-state index contributed by atoms with van der Waals surface area (Å²) in [5.41, 5.74) is 0.383. The van der Waals surface area contributed by atoms with Crippen LogP contribution in [0.5, 0.6) is 0 Å². The van der Waals surface area contributed by atoms with E-state index >= 15 is 0 Å². The van der Waals surface area contributed by atoms with Crippen LogP contribution in [0.25, 0.3) is 0 Å². The van der Waals surface area contributed by atoms with Gasteiger partial charge in [0.1, 0.15) is 12.2 Å². The molecule has 1 aromatic heterocycles. The molecule has 1 amide bonds. The number of amides is 1. The quantitative estimate of drug-likeness (QED) is 0.560. The van der Waals surface area contributed by atoms with Gasteiger partial charge in [-0.05, 0) is 25.5 Å². The molecule has 19 heavy (non-hydrogen) atoms. The summed E-state index contributed by atoms with van der Waals surface area (Å²) in [6.07, 6.45) is 2.44. The van der Waals surface area contributed by atoms with E-state index in [9.17, 15) is 9.59 Å². The topological polar surface area (TPSA) is 69.6 Å². The summed E-state index contributed by atoms with van der Waals surface area (Å²) in [4.78, 5) is 23.3. The smallest absolute Gasteiger partial charge is 0.354 e. The van der Waals surface area contributed by atoms with Crippen molar-refractivity contribution in [3.05, 3.63) is 24.0 Å². The number of nitrogens with one attached hydrogen (secondary N) is 1. The van der Waals surface area contributed by atoms with Crippen LogP contribution >= 0.6 is 0 Å². The van der Waals surface area contributed by atoms with Gasteiger partial charge in [0.25, 0.3) is 0 Å². The fourth-order valence-corrected chi connectivity index (χ4v) is 1.60. The minimum Gasteiger partial charge on any atom is -0.461 e. The first kappa shape index (κ1) is 15.2. The van der Waals surface area contributed by atoms with Crippen molar-refractivity contribution in [3.8, 4) is 0 Å². The van der Waals surface area contributed by atoms with Crippen molar-refractivity contribution < 1.29 is 19.1 Å². The molecule has 0 saturated carbocycles. The van der Waals surface area contributed by atoms with Crippen LogP contribution in [0, 0.1) is 0 Å². The summed E-state index contributed by atoms with van der Waals surface area (Å²) >= 11 is 0. The van der Waals surface area contributed by atoms with Crippen molar-refractivity contribution in [2.24, 2.45) is 0 Å². The Hall–Kier alpha value is -1.82. The number of methoxy groups -OCH3 is 1.